The van der Waals surface area contributed by atoms with Crippen LogP contribution in [0.15, 0.2) is 17.1 Å². The first-order valence-electron chi connectivity index (χ1n) is 8.46. The van der Waals surface area contributed by atoms with Gasteiger partial charge >= 0.3 is 0 Å². The van der Waals surface area contributed by atoms with E-state index in [4.69, 9.17) is 4.99 Å². The molecule has 3 heterocycles. The van der Waals surface area contributed by atoms with Crippen molar-refractivity contribution in [2.75, 3.05) is 32.7 Å². The second kappa shape index (κ2) is 7.12. The lowest BCUT2D eigenvalue weighted by Gasteiger charge is -2.25. The Bertz CT molecular complexity index is 581. The molecule has 0 aliphatic carbocycles. The number of nitrogens with zero attached hydrogens (tertiary/aromatic N) is 6. The molecule has 7 nitrogen and oxygen atoms in total. The van der Waals surface area contributed by atoms with Crippen molar-refractivity contribution in [1.29, 1.82) is 0 Å². The first-order valence-corrected chi connectivity index (χ1v) is 8.46. The molecule has 1 unspecified atom stereocenters. The predicted octanol–water partition coefficient (Wildman–Crippen LogP) is 0.535. The Kier molecular flexibility index (Phi) is 4.95. The van der Waals surface area contributed by atoms with Gasteiger partial charge in [0.15, 0.2) is 11.8 Å². The minimum absolute atomic E-state index is 0.562. The van der Waals surface area contributed by atoms with E-state index >= 15 is 0 Å². The maximum atomic E-state index is 4.77. The standard InChI is InChI=1S/C16H27N7/c1-4-17-16(18-11-15-20-19-13(2)21(15)3)23-10-7-14(12-23)22-8-5-6-9-22/h5-6,14H,4,7-12H2,1-3H3,(H,17,18). The van der Waals surface area contributed by atoms with E-state index in [1.54, 1.807) is 0 Å². The summed E-state index contributed by atoms with van der Waals surface area (Å²) in [7, 11) is 1.99. The third kappa shape index (κ3) is 3.55. The molecule has 1 N–H and O–H groups in total. The summed E-state index contributed by atoms with van der Waals surface area (Å²) in [4.78, 5) is 9.68. The van der Waals surface area contributed by atoms with Crippen molar-refractivity contribution >= 4 is 5.96 Å². The highest BCUT2D eigenvalue weighted by Gasteiger charge is 2.29. The lowest BCUT2D eigenvalue weighted by molar-refractivity contribution is 0.259. The van der Waals surface area contributed by atoms with Crippen molar-refractivity contribution in [1.82, 2.24) is 29.9 Å². The molecule has 1 atom stereocenters. The number of hydrogen-bond donors (Lipinski definition) is 1. The normalized spacial score (nSPS) is 22.3. The average molecular weight is 317 g/mol. The number of hydrogen-bond acceptors (Lipinski definition) is 4. The predicted molar refractivity (Wildman–Crippen MR) is 91.2 cm³/mol. The fourth-order valence-electron chi connectivity index (χ4n) is 3.18. The highest BCUT2D eigenvalue weighted by molar-refractivity contribution is 5.80. The smallest absolute Gasteiger partial charge is 0.194 e. The monoisotopic (exact) mass is 317 g/mol. The second-order valence-electron chi connectivity index (χ2n) is 6.21. The van der Waals surface area contributed by atoms with Gasteiger partial charge in [0, 0.05) is 45.8 Å². The fourth-order valence-corrected chi connectivity index (χ4v) is 3.18. The van der Waals surface area contributed by atoms with Crippen LogP contribution in [0.5, 0.6) is 0 Å². The van der Waals surface area contributed by atoms with Crippen LogP contribution >= 0.6 is 0 Å². The molecule has 3 rings (SSSR count). The van der Waals surface area contributed by atoms with Gasteiger partial charge in [-0.2, -0.15) is 0 Å². The SMILES string of the molecule is CCNC(=NCc1nnc(C)n1C)N1CCC(N2CC=CC2)C1. The van der Waals surface area contributed by atoms with Crippen LogP contribution in [0.3, 0.4) is 0 Å². The van der Waals surface area contributed by atoms with Crippen molar-refractivity contribution in [2.24, 2.45) is 12.0 Å². The molecule has 2 aliphatic heterocycles. The van der Waals surface area contributed by atoms with Crippen LogP contribution in [0, 0.1) is 6.92 Å². The Morgan fingerprint density at radius 1 is 1.35 bits per heavy atom. The van der Waals surface area contributed by atoms with E-state index in [0.717, 1.165) is 50.3 Å². The maximum Gasteiger partial charge on any atom is 0.194 e. The number of guanidine groups is 1. The lowest BCUT2D eigenvalue weighted by Crippen LogP contribution is -2.42. The summed E-state index contributed by atoms with van der Waals surface area (Å²) in [6.07, 6.45) is 5.73. The molecule has 0 amide bonds. The molecule has 7 heteroatoms. The van der Waals surface area contributed by atoms with Gasteiger partial charge < -0.3 is 14.8 Å². The van der Waals surface area contributed by atoms with E-state index < -0.39 is 0 Å². The molecule has 1 aromatic heterocycles. The van der Waals surface area contributed by atoms with Crippen LogP contribution in [-0.4, -0.2) is 69.3 Å². The molecule has 23 heavy (non-hydrogen) atoms. The van der Waals surface area contributed by atoms with Crippen molar-refractivity contribution in [3.63, 3.8) is 0 Å². The summed E-state index contributed by atoms with van der Waals surface area (Å²) in [5.74, 6) is 2.81. The van der Waals surface area contributed by atoms with E-state index in [0.29, 0.717) is 12.6 Å². The number of likely N-dealkylation sites (tertiary alicyclic amines) is 1. The Hall–Kier alpha value is -1.89. The van der Waals surface area contributed by atoms with Crippen molar-refractivity contribution in [3.8, 4) is 0 Å². The van der Waals surface area contributed by atoms with Gasteiger partial charge in [-0.05, 0) is 20.3 Å². The Morgan fingerprint density at radius 2 is 2.13 bits per heavy atom. The van der Waals surface area contributed by atoms with Crippen LogP contribution in [0.1, 0.15) is 25.0 Å². The zero-order valence-electron chi connectivity index (χ0n) is 14.4. The molecular weight excluding hydrogens is 290 g/mol. The average Bonchev–Trinajstić information content (AvgIpc) is 3.27. The number of nitrogens with one attached hydrogen (secondary N) is 1. The molecule has 1 saturated heterocycles. The molecule has 1 aromatic rings. The van der Waals surface area contributed by atoms with Crippen LogP contribution in [0.4, 0.5) is 0 Å². The van der Waals surface area contributed by atoms with Gasteiger partial charge in [0.25, 0.3) is 0 Å². The van der Waals surface area contributed by atoms with Gasteiger partial charge in [-0.3, -0.25) is 4.90 Å². The third-order valence-electron chi connectivity index (χ3n) is 4.71. The minimum atomic E-state index is 0.562. The zero-order valence-corrected chi connectivity index (χ0v) is 14.4. The van der Waals surface area contributed by atoms with Crippen LogP contribution in [-0.2, 0) is 13.6 Å². The first kappa shape index (κ1) is 16.0. The summed E-state index contributed by atoms with van der Waals surface area (Å²) in [6, 6.07) is 0.630. The molecular formula is C16H27N7. The molecule has 0 saturated carbocycles. The van der Waals surface area contributed by atoms with Gasteiger partial charge in [-0.1, -0.05) is 12.2 Å². The Balaban J connectivity index is 1.64. The highest BCUT2D eigenvalue weighted by Crippen LogP contribution is 2.18. The van der Waals surface area contributed by atoms with Crippen molar-refractivity contribution in [2.45, 2.75) is 32.9 Å². The zero-order chi connectivity index (χ0) is 16.2. The fraction of sp³-hybridized carbons (Fsp3) is 0.688. The Morgan fingerprint density at radius 3 is 2.78 bits per heavy atom. The molecule has 126 valence electrons. The van der Waals surface area contributed by atoms with E-state index in [-0.39, 0.29) is 0 Å². The van der Waals surface area contributed by atoms with E-state index in [9.17, 15) is 0 Å². The van der Waals surface area contributed by atoms with Crippen LogP contribution in [0.25, 0.3) is 0 Å². The van der Waals surface area contributed by atoms with Crippen molar-refractivity contribution in [3.05, 3.63) is 23.8 Å². The van der Waals surface area contributed by atoms with Gasteiger partial charge in [0.05, 0.1) is 0 Å². The van der Waals surface area contributed by atoms with E-state index in [1.807, 2.05) is 18.5 Å². The highest BCUT2D eigenvalue weighted by atomic mass is 15.3. The first-order chi connectivity index (χ1) is 11.2. The summed E-state index contributed by atoms with van der Waals surface area (Å²) in [5, 5.41) is 11.7. The Labute approximate surface area is 138 Å². The largest absolute Gasteiger partial charge is 0.357 e. The van der Waals surface area contributed by atoms with Gasteiger partial charge in [0.2, 0.25) is 0 Å². The topological polar surface area (TPSA) is 61.6 Å². The summed E-state index contributed by atoms with van der Waals surface area (Å²) in [6.45, 7) is 9.79. The molecule has 0 aromatic carbocycles. The summed E-state index contributed by atoms with van der Waals surface area (Å²) < 4.78 is 2.00. The van der Waals surface area contributed by atoms with E-state index in [1.165, 1.54) is 6.42 Å². The molecule has 0 radical (unpaired) electrons. The summed E-state index contributed by atoms with van der Waals surface area (Å²) in [5.41, 5.74) is 0. The third-order valence-corrected chi connectivity index (χ3v) is 4.71. The minimum Gasteiger partial charge on any atom is -0.357 e. The second-order valence-corrected chi connectivity index (χ2v) is 6.21. The number of aliphatic imine (C=N–C) groups is 1. The molecule has 0 spiro atoms. The molecule has 1 fully saturated rings. The van der Waals surface area contributed by atoms with Gasteiger partial charge in [-0.15, -0.1) is 10.2 Å². The van der Waals surface area contributed by atoms with E-state index in [2.05, 4.69) is 44.4 Å². The van der Waals surface area contributed by atoms with Crippen molar-refractivity contribution < 1.29 is 0 Å². The summed E-state index contributed by atoms with van der Waals surface area (Å²) >= 11 is 0. The number of aromatic nitrogens is 3. The quantitative estimate of drug-likeness (QED) is 0.499. The lowest BCUT2D eigenvalue weighted by atomic mass is 10.2. The number of aryl methyl sites for hydroxylation is 1. The van der Waals surface area contributed by atoms with Crippen LogP contribution < -0.4 is 5.32 Å². The van der Waals surface area contributed by atoms with Gasteiger partial charge in [-0.25, -0.2) is 4.99 Å². The number of rotatable bonds is 4. The molecule has 0 bridgehead atoms. The molecule has 2 aliphatic rings. The maximum absolute atomic E-state index is 4.77. The van der Waals surface area contributed by atoms with Crippen LogP contribution in [0.2, 0.25) is 0 Å². The van der Waals surface area contributed by atoms with Gasteiger partial charge in [0.1, 0.15) is 12.4 Å².